The van der Waals surface area contributed by atoms with Crippen molar-refractivity contribution in [3.05, 3.63) is 119 Å². The highest BCUT2D eigenvalue weighted by atomic mass is 16.5. The van der Waals surface area contributed by atoms with Gasteiger partial charge < -0.3 is 26.0 Å². The molecule has 278 valence electrons. The van der Waals surface area contributed by atoms with Gasteiger partial charge in [0.05, 0.1) is 17.6 Å². The number of aryl methyl sites for hydroxylation is 2. The van der Waals surface area contributed by atoms with Crippen LogP contribution < -0.4 is 16.4 Å². The minimum Gasteiger partial charge on any atom is -0.449 e. The molecule has 0 spiro atoms. The number of rotatable bonds is 10. The minimum absolute atomic E-state index is 0.0815. The quantitative estimate of drug-likeness (QED) is 0.158. The van der Waals surface area contributed by atoms with Crippen molar-refractivity contribution in [1.29, 1.82) is 0 Å². The fourth-order valence-corrected chi connectivity index (χ4v) is 7.05. The van der Waals surface area contributed by atoms with Crippen LogP contribution in [0.2, 0.25) is 0 Å². The summed E-state index contributed by atoms with van der Waals surface area (Å²) >= 11 is 0. The molecule has 0 saturated carbocycles. The van der Waals surface area contributed by atoms with E-state index in [0.717, 1.165) is 44.4 Å². The standard InChI is InChI=1S/C38H39N7O4.2C2H6/c1-44-34-18-16-25(19-33(34)42-43-44)21-40-36(46)35-20-26(22-45(35)37(47)32(39)17-15-24-9-3-2-4-10-24)41-38(48)49-23-31-29-13-7-5-11-27(29)28-12-6-8-14-30(28)31;2*1-2/h2-14,16,18-19,26,31-32,35H,15,17,20-23,39H2,1H3,(H,40,46)(H,41,48);2*1-2H3/t26-,32+,35-;;/m0../s1. The number of alkyl carbamates (subject to hydrolysis) is 1. The number of benzene rings is 4. The van der Waals surface area contributed by atoms with Gasteiger partial charge >= 0.3 is 6.09 Å². The van der Waals surface area contributed by atoms with Gasteiger partial charge in [0.1, 0.15) is 18.2 Å². The molecule has 53 heavy (non-hydrogen) atoms. The molecule has 11 nitrogen and oxygen atoms in total. The van der Waals surface area contributed by atoms with Gasteiger partial charge in [-0.2, -0.15) is 0 Å². The number of carbonyl (C=O) groups is 3. The van der Waals surface area contributed by atoms with Crippen molar-refractivity contribution in [3.63, 3.8) is 0 Å². The molecule has 3 amide bonds. The van der Waals surface area contributed by atoms with Crippen molar-refractivity contribution in [2.24, 2.45) is 12.8 Å². The number of nitrogens with zero attached hydrogens (tertiary/aromatic N) is 4. The summed E-state index contributed by atoms with van der Waals surface area (Å²) in [5.41, 5.74) is 14.5. The van der Waals surface area contributed by atoms with Gasteiger partial charge in [-0.1, -0.05) is 118 Å². The highest BCUT2D eigenvalue weighted by molar-refractivity contribution is 5.91. The van der Waals surface area contributed by atoms with Crippen molar-refractivity contribution in [1.82, 2.24) is 30.5 Å². The summed E-state index contributed by atoms with van der Waals surface area (Å²) in [6.07, 6.45) is 0.697. The lowest BCUT2D eigenvalue weighted by Gasteiger charge is -2.26. The maximum Gasteiger partial charge on any atom is 0.407 e. The van der Waals surface area contributed by atoms with E-state index < -0.39 is 24.2 Å². The fourth-order valence-electron chi connectivity index (χ4n) is 7.05. The zero-order valence-corrected chi connectivity index (χ0v) is 31.3. The highest BCUT2D eigenvalue weighted by Crippen LogP contribution is 2.44. The first-order chi connectivity index (χ1) is 25.9. The number of carbonyl (C=O) groups excluding carboxylic acids is 3. The Morgan fingerprint density at radius 2 is 1.51 bits per heavy atom. The molecule has 4 aromatic carbocycles. The van der Waals surface area contributed by atoms with Crippen molar-refractivity contribution < 1.29 is 19.1 Å². The second-order valence-electron chi connectivity index (χ2n) is 12.8. The van der Waals surface area contributed by atoms with Crippen molar-refractivity contribution >= 4 is 28.9 Å². The first-order valence-corrected chi connectivity index (χ1v) is 18.6. The molecule has 1 aromatic heterocycles. The minimum atomic E-state index is -0.811. The first kappa shape index (κ1) is 38.7. The molecule has 3 atom stereocenters. The zero-order valence-electron chi connectivity index (χ0n) is 31.3. The van der Waals surface area contributed by atoms with Crippen LogP contribution in [0.15, 0.2) is 97.1 Å². The monoisotopic (exact) mass is 717 g/mol. The molecule has 7 rings (SSSR count). The molecule has 4 N–H and O–H groups in total. The maximum absolute atomic E-state index is 13.7. The lowest BCUT2D eigenvalue weighted by Crippen LogP contribution is -2.51. The number of nitrogens with one attached hydrogen (secondary N) is 2. The molecule has 2 aliphatic rings. The summed E-state index contributed by atoms with van der Waals surface area (Å²) in [4.78, 5) is 42.1. The second-order valence-corrected chi connectivity index (χ2v) is 12.8. The van der Waals surface area contributed by atoms with Crippen LogP contribution >= 0.6 is 0 Å². The molecule has 5 aromatic rings. The Bertz CT molecular complexity index is 1950. The Hall–Kier alpha value is -5.55. The number of hydrogen-bond donors (Lipinski definition) is 3. The number of hydrogen-bond acceptors (Lipinski definition) is 7. The Balaban J connectivity index is 0.00000131. The van der Waals surface area contributed by atoms with E-state index >= 15 is 0 Å². The summed E-state index contributed by atoms with van der Waals surface area (Å²) in [6.45, 7) is 8.56. The molecule has 0 radical (unpaired) electrons. The van der Waals surface area contributed by atoms with Crippen molar-refractivity contribution in [2.45, 2.75) is 77.5 Å². The molecule has 1 aliphatic carbocycles. The summed E-state index contributed by atoms with van der Waals surface area (Å²) in [5, 5.41) is 14.1. The summed E-state index contributed by atoms with van der Waals surface area (Å²) in [7, 11) is 1.82. The van der Waals surface area contributed by atoms with E-state index in [1.807, 2.05) is 108 Å². The molecular weight excluding hydrogens is 667 g/mol. The maximum atomic E-state index is 13.7. The van der Waals surface area contributed by atoms with Crippen LogP contribution in [0.3, 0.4) is 0 Å². The van der Waals surface area contributed by atoms with Crippen LogP contribution in [-0.2, 0) is 34.3 Å². The van der Waals surface area contributed by atoms with Gasteiger partial charge in [0.2, 0.25) is 11.8 Å². The normalized spacial score (nSPS) is 16.3. The second kappa shape index (κ2) is 18.3. The van der Waals surface area contributed by atoms with Crippen LogP contribution in [-0.4, -0.2) is 69.1 Å². The summed E-state index contributed by atoms with van der Waals surface area (Å²) in [5.74, 6) is -0.726. The number of likely N-dealkylation sites (tertiary alicyclic amines) is 1. The van der Waals surface area contributed by atoms with Gasteiger partial charge in [-0.25, -0.2) is 9.48 Å². The first-order valence-electron chi connectivity index (χ1n) is 18.6. The lowest BCUT2D eigenvalue weighted by molar-refractivity contribution is -0.139. The average Bonchev–Trinajstić information content (AvgIpc) is 3.90. The summed E-state index contributed by atoms with van der Waals surface area (Å²) in [6, 6.07) is 29.7. The Labute approximate surface area is 311 Å². The molecule has 1 aliphatic heterocycles. The number of amides is 3. The molecule has 0 bridgehead atoms. The molecular formula is C42H51N7O4. The van der Waals surface area contributed by atoms with Crippen LogP contribution in [0.5, 0.6) is 0 Å². The van der Waals surface area contributed by atoms with E-state index in [-0.39, 0.29) is 43.8 Å². The topological polar surface area (TPSA) is 144 Å². The number of nitrogens with two attached hydrogens (primary N) is 1. The molecule has 1 fully saturated rings. The van der Waals surface area contributed by atoms with Gasteiger partial charge in [0.15, 0.2) is 0 Å². The van der Waals surface area contributed by atoms with Crippen molar-refractivity contribution in [3.8, 4) is 11.1 Å². The van der Waals surface area contributed by atoms with Gasteiger partial charge in [0, 0.05) is 26.1 Å². The Morgan fingerprint density at radius 1 is 0.868 bits per heavy atom. The van der Waals surface area contributed by atoms with E-state index in [4.69, 9.17) is 10.5 Å². The molecule has 2 heterocycles. The Morgan fingerprint density at radius 3 is 2.19 bits per heavy atom. The third kappa shape index (κ3) is 8.92. The van der Waals surface area contributed by atoms with E-state index in [0.29, 0.717) is 12.8 Å². The fraction of sp³-hybridized carbons (Fsp3) is 0.357. The van der Waals surface area contributed by atoms with E-state index in [2.05, 4.69) is 45.2 Å². The van der Waals surface area contributed by atoms with Crippen LogP contribution in [0.4, 0.5) is 4.79 Å². The molecule has 1 saturated heterocycles. The third-order valence-corrected chi connectivity index (χ3v) is 9.60. The van der Waals surface area contributed by atoms with Crippen molar-refractivity contribution in [2.75, 3.05) is 13.2 Å². The summed E-state index contributed by atoms with van der Waals surface area (Å²) < 4.78 is 7.46. The van der Waals surface area contributed by atoms with Gasteiger partial charge in [-0.15, -0.1) is 5.10 Å². The smallest absolute Gasteiger partial charge is 0.407 e. The van der Waals surface area contributed by atoms with Crippen LogP contribution in [0, 0.1) is 0 Å². The zero-order chi connectivity index (χ0) is 37.9. The van der Waals surface area contributed by atoms with Crippen LogP contribution in [0.1, 0.15) is 68.7 Å². The number of aromatic nitrogens is 3. The predicted octanol–water partition coefficient (Wildman–Crippen LogP) is 6.11. The largest absolute Gasteiger partial charge is 0.449 e. The lowest BCUT2D eigenvalue weighted by atomic mass is 9.98. The average molecular weight is 718 g/mol. The SMILES string of the molecule is CC.CC.Cn1nnc2cc(CNC(=O)[C@@H]3C[C@H](NC(=O)OCC4c5ccccc5-c5ccccc54)CN3C(=O)[C@H](N)CCc3ccccc3)ccc21. The van der Waals surface area contributed by atoms with E-state index in [9.17, 15) is 14.4 Å². The molecule has 11 heteroatoms. The predicted molar refractivity (Wildman–Crippen MR) is 208 cm³/mol. The van der Waals surface area contributed by atoms with Gasteiger partial charge in [0.25, 0.3) is 0 Å². The van der Waals surface area contributed by atoms with Gasteiger partial charge in [-0.3, -0.25) is 9.59 Å². The van der Waals surface area contributed by atoms with E-state index in [1.54, 1.807) is 4.68 Å². The van der Waals surface area contributed by atoms with Crippen LogP contribution in [0.25, 0.3) is 22.2 Å². The number of ether oxygens (including phenoxy) is 1. The molecule has 0 unspecified atom stereocenters. The number of fused-ring (bicyclic) bond motifs is 4. The van der Waals surface area contributed by atoms with Gasteiger partial charge in [-0.05, 0) is 64.8 Å². The Kier molecular flexibility index (Phi) is 13.3. The highest BCUT2D eigenvalue weighted by Gasteiger charge is 2.42. The third-order valence-electron chi connectivity index (χ3n) is 9.60. The van der Waals surface area contributed by atoms with E-state index in [1.165, 1.54) is 4.90 Å².